The number of nitrogens with zero attached hydrogens (tertiary/aromatic N) is 1. The summed E-state index contributed by atoms with van der Waals surface area (Å²) in [7, 11) is -3.87. The van der Waals surface area contributed by atoms with Crippen molar-refractivity contribution in [1.29, 1.82) is 0 Å². The molecule has 30 heavy (non-hydrogen) atoms. The van der Waals surface area contributed by atoms with Crippen molar-refractivity contribution in [2.75, 3.05) is 13.1 Å². The molecular formula is C20H24ClN3O5S. The maximum Gasteiger partial charge on any atom is 0.241 e. The number of carbonyl (C=O) groups excluding carboxylic acids is 2. The predicted molar refractivity (Wildman–Crippen MR) is 111 cm³/mol. The molecule has 0 aliphatic heterocycles. The summed E-state index contributed by atoms with van der Waals surface area (Å²) >= 11 is 5.79. The van der Waals surface area contributed by atoms with E-state index in [4.69, 9.17) is 16.0 Å². The van der Waals surface area contributed by atoms with Gasteiger partial charge in [0.15, 0.2) is 0 Å². The molecule has 0 unspecified atom stereocenters. The molecule has 0 radical (unpaired) electrons. The second-order valence-corrected chi connectivity index (χ2v) is 9.30. The quantitative estimate of drug-likeness (QED) is 0.605. The second-order valence-electron chi connectivity index (χ2n) is 7.09. The number of carbonyl (C=O) groups is 2. The third kappa shape index (κ3) is 6.07. The van der Waals surface area contributed by atoms with Crippen LogP contribution in [0.5, 0.6) is 0 Å². The van der Waals surface area contributed by atoms with Crippen molar-refractivity contribution in [3.63, 3.8) is 0 Å². The molecule has 3 rings (SSSR count). The van der Waals surface area contributed by atoms with E-state index in [1.807, 2.05) is 0 Å². The van der Waals surface area contributed by atoms with Crippen molar-refractivity contribution in [2.24, 2.45) is 0 Å². The number of hydrogen-bond acceptors (Lipinski definition) is 5. The van der Waals surface area contributed by atoms with Gasteiger partial charge in [0.05, 0.1) is 30.8 Å². The van der Waals surface area contributed by atoms with Crippen molar-refractivity contribution in [3.05, 3.63) is 53.4 Å². The van der Waals surface area contributed by atoms with E-state index in [1.54, 1.807) is 12.1 Å². The van der Waals surface area contributed by atoms with Gasteiger partial charge in [-0.05, 0) is 49.2 Å². The van der Waals surface area contributed by atoms with Gasteiger partial charge in [-0.1, -0.05) is 24.4 Å². The van der Waals surface area contributed by atoms with Gasteiger partial charge in [-0.15, -0.1) is 0 Å². The van der Waals surface area contributed by atoms with E-state index >= 15 is 0 Å². The van der Waals surface area contributed by atoms with Crippen molar-refractivity contribution in [1.82, 2.24) is 14.9 Å². The first-order valence-corrected chi connectivity index (χ1v) is 11.5. The fourth-order valence-corrected chi connectivity index (χ4v) is 4.50. The Morgan fingerprint density at radius 3 is 2.47 bits per heavy atom. The molecule has 0 saturated heterocycles. The van der Waals surface area contributed by atoms with Crippen molar-refractivity contribution >= 4 is 33.4 Å². The summed E-state index contributed by atoms with van der Waals surface area (Å²) in [5.41, 5.74) is 0. The molecular weight excluding hydrogens is 430 g/mol. The van der Waals surface area contributed by atoms with Gasteiger partial charge in [0, 0.05) is 11.1 Å². The van der Waals surface area contributed by atoms with Gasteiger partial charge in [0.25, 0.3) is 0 Å². The fraction of sp³-hybridized carbons (Fsp3) is 0.400. The van der Waals surface area contributed by atoms with Gasteiger partial charge < -0.3 is 14.6 Å². The molecule has 1 aliphatic rings. The summed E-state index contributed by atoms with van der Waals surface area (Å²) in [5.74, 6) is -0.155. The minimum absolute atomic E-state index is 0.0170. The van der Waals surface area contributed by atoms with E-state index in [-0.39, 0.29) is 29.9 Å². The average Bonchev–Trinajstić information content (AvgIpc) is 3.43. The van der Waals surface area contributed by atoms with E-state index in [9.17, 15) is 18.0 Å². The maximum atomic E-state index is 12.8. The van der Waals surface area contributed by atoms with Gasteiger partial charge in [-0.2, -0.15) is 0 Å². The van der Waals surface area contributed by atoms with Crippen LogP contribution in [0.2, 0.25) is 5.02 Å². The van der Waals surface area contributed by atoms with Gasteiger partial charge in [-0.25, -0.2) is 13.1 Å². The summed E-state index contributed by atoms with van der Waals surface area (Å²) in [4.78, 5) is 26.7. The predicted octanol–water partition coefficient (Wildman–Crippen LogP) is 2.30. The van der Waals surface area contributed by atoms with Crippen LogP contribution in [0.15, 0.2) is 52.0 Å². The number of rotatable bonds is 9. The van der Waals surface area contributed by atoms with Gasteiger partial charge in [0.1, 0.15) is 5.76 Å². The van der Waals surface area contributed by atoms with Crippen LogP contribution in [0.25, 0.3) is 0 Å². The summed E-state index contributed by atoms with van der Waals surface area (Å²) in [6.07, 6.45) is 5.04. The molecule has 1 aliphatic carbocycles. The molecule has 1 aromatic carbocycles. The highest BCUT2D eigenvalue weighted by molar-refractivity contribution is 7.89. The lowest BCUT2D eigenvalue weighted by molar-refractivity contribution is -0.137. The number of halogens is 1. The van der Waals surface area contributed by atoms with Gasteiger partial charge in [-0.3, -0.25) is 9.59 Å². The molecule has 1 aromatic heterocycles. The molecule has 2 aromatic rings. The normalized spacial score (nSPS) is 14.6. The zero-order chi connectivity index (χ0) is 21.6. The van der Waals surface area contributed by atoms with Crippen LogP contribution < -0.4 is 10.0 Å². The molecule has 0 bridgehead atoms. The lowest BCUT2D eigenvalue weighted by Gasteiger charge is -2.28. The molecule has 2 N–H and O–H groups in total. The molecule has 1 saturated carbocycles. The Balaban J connectivity index is 1.60. The molecule has 8 nitrogen and oxygen atoms in total. The minimum atomic E-state index is -3.87. The molecule has 0 spiro atoms. The Morgan fingerprint density at radius 2 is 1.83 bits per heavy atom. The van der Waals surface area contributed by atoms with E-state index in [1.165, 1.54) is 35.4 Å². The highest BCUT2D eigenvalue weighted by Crippen LogP contribution is 2.23. The Kier molecular flexibility index (Phi) is 7.52. The Hall–Kier alpha value is -2.36. The molecule has 0 atom stereocenters. The first-order chi connectivity index (χ1) is 14.3. The highest BCUT2D eigenvalue weighted by atomic mass is 35.5. The zero-order valence-electron chi connectivity index (χ0n) is 16.3. The van der Waals surface area contributed by atoms with Crippen LogP contribution >= 0.6 is 11.6 Å². The molecule has 162 valence electrons. The highest BCUT2D eigenvalue weighted by Gasteiger charge is 2.29. The van der Waals surface area contributed by atoms with E-state index in [2.05, 4.69) is 10.0 Å². The topological polar surface area (TPSA) is 109 Å². The number of amides is 2. The average molecular weight is 454 g/mol. The molecule has 2 amide bonds. The Morgan fingerprint density at radius 1 is 1.13 bits per heavy atom. The van der Waals surface area contributed by atoms with Gasteiger partial charge in [0.2, 0.25) is 21.8 Å². The number of benzene rings is 1. The molecule has 1 fully saturated rings. The summed E-state index contributed by atoms with van der Waals surface area (Å²) < 4.78 is 32.4. The summed E-state index contributed by atoms with van der Waals surface area (Å²) in [5, 5.41) is 3.13. The molecule has 1 heterocycles. The first kappa shape index (κ1) is 22.3. The smallest absolute Gasteiger partial charge is 0.241 e. The van der Waals surface area contributed by atoms with Crippen LogP contribution in [-0.4, -0.2) is 44.3 Å². The lowest BCUT2D eigenvalue weighted by atomic mass is 10.2. The Bertz CT molecular complexity index is 955. The minimum Gasteiger partial charge on any atom is -0.467 e. The van der Waals surface area contributed by atoms with Crippen LogP contribution in [-0.2, 0) is 26.2 Å². The second kappa shape index (κ2) is 10.1. The first-order valence-electron chi connectivity index (χ1n) is 9.69. The number of hydrogen-bond donors (Lipinski definition) is 2. The van der Waals surface area contributed by atoms with Crippen LogP contribution in [0.3, 0.4) is 0 Å². The van der Waals surface area contributed by atoms with Crippen LogP contribution in [0.1, 0.15) is 31.4 Å². The summed E-state index contributed by atoms with van der Waals surface area (Å²) in [6.45, 7) is -0.332. The van der Waals surface area contributed by atoms with E-state index in [0.717, 1.165) is 25.7 Å². The molecule has 10 heteroatoms. The van der Waals surface area contributed by atoms with Crippen molar-refractivity contribution in [2.45, 2.75) is 43.2 Å². The standard InChI is InChI=1S/C20H24ClN3O5S/c21-15-7-9-18(10-8-15)30(27,28)23-13-20(26)24(16-4-1-2-5-16)14-19(25)22-12-17-6-3-11-29-17/h3,6-11,16,23H,1-2,4-5,12-14H2,(H,22,25). The summed E-state index contributed by atoms with van der Waals surface area (Å²) in [6, 6.07) is 9.05. The van der Waals surface area contributed by atoms with Crippen molar-refractivity contribution < 1.29 is 22.4 Å². The number of sulfonamides is 1. The monoisotopic (exact) mass is 453 g/mol. The van der Waals surface area contributed by atoms with Crippen molar-refractivity contribution in [3.8, 4) is 0 Å². The fourth-order valence-electron chi connectivity index (χ4n) is 3.40. The lowest BCUT2D eigenvalue weighted by Crippen LogP contribution is -2.49. The maximum absolute atomic E-state index is 12.8. The van der Waals surface area contributed by atoms with Gasteiger partial charge >= 0.3 is 0 Å². The Labute approximate surface area is 180 Å². The zero-order valence-corrected chi connectivity index (χ0v) is 17.9. The van der Waals surface area contributed by atoms with Crippen LogP contribution in [0, 0.1) is 0 Å². The van der Waals surface area contributed by atoms with E-state index < -0.39 is 22.5 Å². The number of furan rings is 1. The largest absolute Gasteiger partial charge is 0.467 e. The number of nitrogens with one attached hydrogen (secondary N) is 2. The van der Waals surface area contributed by atoms with Crippen LogP contribution in [0.4, 0.5) is 0 Å². The van der Waals surface area contributed by atoms with E-state index in [0.29, 0.717) is 10.8 Å². The SMILES string of the molecule is O=C(CN(C(=O)CNS(=O)(=O)c1ccc(Cl)cc1)C1CCCC1)NCc1ccco1. The third-order valence-corrected chi connectivity index (χ3v) is 6.65. The third-order valence-electron chi connectivity index (χ3n) is 4.98.